The highest BCUT2D eigenvalue weighted by atomic mass is 32.1. The number of H-pyrrole nitrogens is 2. The van der Waals surface area contributed by atoms with Crippen LogP contribution in [0.3, 0.4) is 0 Å². The van der Waals surface area contributed by atoms with Crippen LogP contribution in [-0.2, 0) is 14.2 Å². The van der Waals surface area contributed by atoms with E-state index < -0.39 is 18.3 Å². The maximum absolute atomic E-state index is 6.08. The molecule has 9 rings (SSSR count). The Morgan fingerprint density at radius 1 is 0.458 bits per heavy atom. The molecule has 10 heteroatoms. The van der Waals surface area contributed by atoms with Crippen molar-refractivity contribution in [2.75, 3.05) is 0 Å². The molecule has 3 aromatic heterocycles. The van der Waals surface area contributed by atoms with Gasteiger partial charge >= 0.3 is 0 Å². The quantitative estimate of drug-likeness (QED) is 0.178. The summed E-state index contributed by atoms with van der Waals surface area (Å²) in [5.41, 5.74) is 10.7. The lowest BCUT2D eigenvalue weighted by Crippen LogP contribution is -2.10. The fourth-order valence-electron chi connectivity index (χ4n) is 6.66. The van der Waals surface area contributed by atoms with E-state index in [-0.39, 0.29) is 0 Å². The summed E-state index contributed by atoms with van der Waals surface area (Å²) in [5, 5.41) is 0. The third-order valence-corrected chi connectivity index (χ3v) is 9.89. The van der Waals surface area contributed by atoms with Crippen LogP contribution in [0.1, 0.15) is 57.8 Å². The van der Waals surface area contributed by atoms with Gasteiger partial charge in [0.1, 0.15) is 0 Å². The zero-order chi connectivity index (χ0) is 32.4. The van der Waals surface area contributed by atoms with Crippen LogP contribution in [0.4, 0.5) is 0 Å². The molecular weight excluding hydrogens is 657 g/mol. The van der Waals surface area contributed by atoms with E-state index in [2.05, 4.69) is 46.4 Å². The van der Waals surface area contributed by atoms with Gasteiger partial charge in [-0.15, -0.1) is 0 Å². The minimum absolute atomic E-state index is 0.496. The molecular formula is C38H24N4O3S3. The maximum Gasteiger partial charge on any atom is 0.162 e. The van der Waals surface area contributed by atoms with E-state index in [0.29, 0.717) is 37.4 Å². The lowest BCUT2D eigenvalue weighted by molar-refractivity contribution is 0.220. The Balaban J connectivity index is 1.44. The van der Waals surface area contributed by atoms with Crippen LogP contribution in [-0.4, -0.2) is 34.5 Å². The first kappa shape index (κ1) is 28.9. The largest absolute Gasteiger partial charge is 0.488 e. The summed E-state index contributed by atoms with van der Waals surface area (Å²) in [4.78, 5) is 19.7. The van der Waals surface area contributed by atoms with Crippen LogP contribution >= 0.6 is 36.7 Å². The molecule has 5 aliphatic rings. The maximum atomic E-state index is 6.08. The molecule has 3 unspecified atom stereocenters. The van der Waals surface area contributed by atoms with Crippen molar-refractivity contribution < 1.29 is 14.2 Å². The van der Waals surface area contributed by atoms with Crippen molar-refractivity contribution in [3.63, 3.8) is 0 Å². The predicted octanol–water partition coefficient (Wildman–Crippen LogP) is 9.19. The van der Waals surface area contributed by atoms with Crippen molar-refractivity contribution in [1.82, 2.24) is 19.9 Å². The van der Waals surface area contributed by atoms with Crippen LogP contribution in [0.15, 0.2) is 91.6 Å². The van der Waals surface area contributed by atoms with E-state index in [4.69, 9.17) is 60.8 Å². The summed E-state index contributed by atoms with van der Waals surface area (Å²) in [6.45, 7) is 0. The molecule has 0 aliphatic carbocycles. The third-order valence-electron chi connectivity index (χ3n) is 8.84. The minimum Gasteiger partial charge on any atom is -0.488 e. The SMILES string of the molecule is S=C1C=COC1c1c2nc(c(C3OC=CC3=S)c3ccc([nH]3)c(-c3ccccc3)c3ccc([nH]3)c(C3OC=CC3=S)c3nc1C=C3)C=C2. The molecule has 0 amide bonds. The van der Waals surface area contributed by atoms with Gasteiger partial charge in [-0.3, -0.25) is 0 Å². The normalized spacial score (nSPS) is 20.5. The summed E-state index contributed by atoms with van der Waals surface area (Å²) < 4.78 is 18.2. The Bertz CT molecular complexity index is 2290. The second kappa shape index (κ2) is 11.4. The molecule has 48 heavy (non-hydrogen) atoms. The van der Waals surface area contributed by atoms with E-state index >= 15 is 0 Å². The van der Waals surface area contributed by atoms with Crippen LogP contribution in [0.2, 0.25) is 0 Å². The second-order valence-corrected chi connectivity index (χ2v) is 13.1. The smallest absolute Gasteiger partial charge is 0.162 e. The number of hydrogen-bond acceptors (Lipinski definition) is 8. The molecule has 5 aliphatic heterocycles. The van der Waals surface area contributed by atoms with Crippen molar-refractivity contribution in [1.29, 1.82) is 0 Å². The van der Waals surface area contributed by atoms with Crippen molar-refractivity contribution in [2.45, 2.75) is 18.3 Å². The van der Waals surface area contributed by atoms with Gasteiger partial charge in [-0.2, -0.15) is 0 Å². The van der Waals surface area contributed by atoms with Gasteiger partial charge in [-0.05, 0) is 72.4 Å². The molecule has 8 bridgehead atoms. The number of ether oxygens (including phenoxy) is 3. The number of thiocarbonyl (C=S) groups is 3. The molecule has 232 valence electrons. The first-order valence-corrected chi connectivity index (χ1v) is 16.5. The second-order valence-electron chi connectivity index (χ2n) is 11.6. The Morgan fingerprint density at radius 2 is 0.854 bits per heavy atom. The summed E-state index contributed by atoms with van der Waals surface area (Å²) in [6, 6.07) is 18.5. The highest BCUT2D eigenvalue weighted by molar-refractivity contribution is 7.81. The van der Waals surface area contributed by atoms with Crippen molar-refractivity contribution in [3.05, 3.63) is 131 Å². The lowest BCUT2D eigenvalue weighted by Gasteiger charge is -2.14. The zero-order valence-electron chi connectivity index (χ0n) is 25.0. The topological polar surface area (TPSA) is 85.0 Å². The molecule has 0 saturated carbocycles. The molecule has 8 heterocycles. The van der Waals surface area contributed by atoms with Crippen molar-refractivity contribution in [2.24, 2.45) is 0 Å². The molecule has 2 N–H and O–H groups in total. The monoisotopic (exact) mass is 680 g/mol. The van der Waals surface area contributed by atoms with Gasteiger partial charge in [0.2, 0.25) is 0 Å². The van der Waals surface area contributed by atoms with Gasteiger partial charge in [0, 0.05) is 44.3 Å². The minimum atomic E-state index is -0.538. The number of fused-ring (bicyclic) bond motifs is 8. The summed E-state index contributed by atoms with van der Waals surface area (Å²) >= 11 is 17.3. The number of rotatable bonds is 4. The molecule has 7 nitrogen and oxygen atoms in total. The Labute approximate surface area is 291 Å². The summed E-state index contributed by atoms with van der Waals surface area (Å²) in [7, 11) is 0. The average Bonchev–Trinajstić information content (AvgIpc) is 3.94. The molecule has 1 aromatic carbocycles. The Hall–Kier alpha value is -5.29. The molecule has 0 radical (unpaired) electrons. The number of aromatic amines is 2. The fraction of sp³-hybridized carbons (Fsp3) is 0.0789. The first-order chi connectivity index (χ1) is 23.5. The number of nitrogens with one attached hydrogen (secondary N) is 2. The number of hydrogen-bond donors (Lipinski definition) is 2. The van der Waals surface area contributed by atoms with E-state index in [1.165, 1.54) is 0 Å². The van der Waals surface area contributed by atoms with E-state index in [1.54, 1.807) is 24.9 Å². The summed E-state index contributed by atoms with van der Waals surface area (Å²) in [6.07, 6.45) is 16.7. The Morgan fingerprint density at radius 3 is 1.27 bits per heavy atom. The number of nitrogens with zero attached hydrogens (tertiary/aromatic N) is 2. The van der Waals surface area contributed by atoms with Crippen LogP contribution in [0, 0.1) is 0 Å². The van der Waals surface area contributed by atoms with Crippen molar-refractivity contribution in [3.8, 4) is 11.1 Å². The van der Waals surface area contributed by atoms with Gasteiger partial charge in [0.15, 0.2) is 18.3 Å². The molecule has 0 saturated heterocycles. The van der Waals surface area contributed by atoms with Gasteiger partial charge in [0.05, 0.1) is 56.2 Å². The average molecular weight is 681 g/mol. The van der Waals surface area contributed by atoms with Gasteiger partial charge < -0.3 is 24.2 Å². The lowest BCUT2D eigenvalue weighted by atomic mass is 10.0. The van der Waals surface area contributed by atoms with Gasteiger partial charge in [-0.25, -0.2) is 9.97 Å². The Kier molecular flexibility index (Phi) is 6.89. The molecule has 4 aromatic rings. The fourth-order valence-corrected chi connectivity index (χ4v) is 7.34. The van der Waals surface area contributed by atoms with Crippen LogP contribution in [0.5, 0.6) is 0 Å². The van der Waals surface area contributed by atoms with Gasteiger partial charge in [-0.1, -0.05) is 67.0 Å². The van der Waals surface area contributed by atoms with E-state index in [0.717, 1.165) is 49.9 Å². The third kappa shape index (κ3) is 4.71. The first-order valence-electron chi connectivity index (χ1n) is 15.3. The number of benzene rings is 1. The van der Waals surface area contributed by atoms with Crippen LogP contribution in [0.25, 0.3) is 57.5 Å². The molecule has 0 fully saturated rings. The number of aromatic nitrogens is 4. The van der Waals surface area contributed by atoms with Crippen molar-refractivity contribution >= 4 is 97.6 Å². The standard InChI is InChI=1S/C38H24N4O3S3/c46-29-14-17-43-36(29)33-23-8-6-21(39-23)32(20-4-2-1-3-5-20)22-7-9-24(40-22)34(37-30(47)15-18-44-37)26-11-13-28(42-26)35(27-12-10-25(33)41-27)38-31(48)16-19-45-38/h1-19,36-40H. The van der Waals surface area contributed by atoms with E-state index in [1.807, 2.05) is 54.7 Å². The highest BCUT2D eigenvalue weighted by Crippen LogP contribution is 2.39. The molecule has 3 atom stereocenters. The van der Waals surface area contributed by atoms with E-state index in [9.17, 15) is 0 Å². The highest BCUT2D eigenvalue weighted by Gasteiger charge is 2.31. The zero-order valence-corrected chi connectivity index (χ0v) is 27.5. The summed E-state index contributed by atoms with van der Waals surface area (Å²) in [5.74, 6) is 0. The molecule has 0 spiro atoms. The predicted molar refractivity (Wildman–Crippen MR) is 201 cm³/mol. The van der Waals surface area contributed by atoms with Crippen LogP contribution < -0.4 is 0 Å². The van der Waals surface area contributed by atoms with Gasteiger partial charge in [0.25, 0.3) is 0 Å².